The van der Waals surface area contributed by atoms with Crippen LogP contribution in [-0.4, -0.2) is 38.7 Å². The van der Waals surface area contributed by atoms with Crippen molar-refractivity contribution in [3.63, 3.8) is 0 Å². The van der Waals surface area contributed by atoms with E-state index in [1.54, 1.807) is 17.2 Å². The standard InChI is InChI=1S/C22H24F2N6O/c1-14-11-28-29(2)21(14)19-10-20(27-13-26-19)30-5-3-16(4-6-30)22(31)25-12-15-7-17(23)9-18(24)8-15/h7-11,13,16H,3-6,12H2,1-2H3,(H,25,31). The monoisotopic (exact) mass is 426 g/mol. The van der Waals surface area contributed by atoms with Gasteiger partial charge in [-0.2, -0.15) is 5.10 Å². The molecule has 1 aromatic carbocycles. The van der Waals surface area contributed by atoms with E-state index >= 15 is 0 Å². The van der Waals surface area contributed by atoms with Gasteiger partial charge in [-0.3, -0.25) is 9.48 Å². The van der Waals surface area contributed by atoms with Gasteiger partial charge in [-0.05, 0) is 43.0 Å². The number of carbonyl (C=O) groups is 1. The summed E-state index contributed by atoms with van der Waals surface area (Å²) in [4.78, 5) is 23.5. The summed E-state index contributed by atoms with van der Waals surface area (Å²) >= 11 is 0. The Morgan fingerprint density at radius 2 is 1.84 bits per heavy atom. The Morgan fingerprint density at radius 3 is 2.48 bits per heavy atom. The van der Waals surface area contributed by atoms with Gasteiger partial charge in [0.05, 0.1) is 17.6 Å². The lowest BCUT2D eigenvalue weighted by Gasteiger charge is -2.32. The maximum atomic E-state index is 13.3. The fraction of sp³-hybridized carbons (Fsp3) is 0.364. The number of piperidine rings is 1. The highest BCUT2D eigenvalue weighted by atomic mass is 19.1. The van der Waals surface area contributed by atoms with Gasteiger partial charge in [-0.1, -0.05) is 0 Å². The van der Waals surface area contributed by atoms with Crippen LogP contribution >= 0.6 is 0 Å². The zero-order valence-electron chi connectivity index (χ0n) is 17.5. The summed E-state index contributed by atoms with van der Waals surface area (Å²) in [5.41, 5.74) is 3.21. The van der Waals surface area contributed by atoms with Crippen LogP contribution in [0.15, 0.2) is 36.8 Å². The van der Waals surface area contributed by atoms with Crippen molar-refractivity contribution in [1.29, 1.82) is 0 Å². The van der Waals surface area contributed by atoms with Crippen molar-refractivity contribution in [2.24, 2.45) is 13.0 Å². The Kier molecular flexibility index (Phi) is 5.92. The molecule has 0 bridgehead atoms. The van der Waals surface area contributed by atoms with E-state index in [-0.39, 0.29) is 18.4 Å². The smallest absolute Gasteiger partial charge is 0.223 e. The van der Waals surface area contributed by atoms with Gasteiger partial charge >= 0.3 is 0 Å². The van der Waals surface area contributed by atoms with Gasteiger partial charge in [-0.15, -0.1) is 0 Å². The molecule has 0 atom stereocenters. The van der Waals surface area contributed by atoms with Crippen LogP contribution in [0.3, 0.4) is 0 Å². The van der Waals surface area contributed by atoms with E-state index in [0.29, 0.717) is 31.5 Å². The Labute approximate surface area is 179 Å². The first-order valence-electron chi connectivity index (χ1n) is 10.2. The number of aryl methyl sites for hydroxylation is 2. The molecule has 162 valence electrons. The summed E-state index contributed by atoms with van der Waals surface area (Å²) in [6.07, 6.45) is 4.70. The minimum Gasteiger partial charge on any atom is -0.356 e. The molecule has 1 aliphatic rings. The fourth-order valence-corrected chi connectivity index (χ4v) is 3.98. The summed E-state index contributed by atoms with van der Waals surface area (Å²) in [6, 6.07) is 5.21. The SMILES string of the molecule is Cc1cnn(C)c1-c1cc(N2CCC(C(=O)NCc3cc(F)cc(F)c3)CC2)ncn1. The molecule has 1 amide bonds. The summed E-state index contributed by atoms with van der Waals surface area (Å²) in [6.45, 7) is 3.47. The summed E-state index contributed by atoms with van der Waals surface area (Å²) < 4.78 is 28.4. The van der Waals surface area contributed by atoms with Crippen LogP contribution in [0, 0.1) is 24.5 Å². The second-order valence-electron chi connectivity index (χ2n) is 7.82. The van der Waals surface area contributed by atoms with Crippen LogP contribution in [0.25, 0.3) is 11.4 Å². The minimum atomic E-state index is -0.650. The number of nitrogens with zero attached hydrogens (tertiary/aromatic N) is 5. The highest BCUT2D eigenvalue weighted by Crippen LogP contribution is 2.26. The van der Waals surface area contributed by atoms with E-state index in [1.165, 1.54) is 12.1 Å². The molecule has 0 unspecified atom stereocenters. The predicted octanol–water partition coefficient (Wildman–Crippen LogP) is 3.00. The molecule has 1 saturated heterocycles. The molecule has 1 fully saturated rings. The van der Waals surface area contributed by atoms with Gasteiger partial charge in [0, 0.05) is 44.7 Å². The molecule has 9 heteroatoms. The fourth-order valence-electron chi connectivity index (χ4n) is 3.98. The molecule has 4 rings (SSSR count). The lowest BCUT2D eigenvalue weighted by molar-refractivity contribution is -0.125. The van der Waals surface area contributed by atoms with E-state index in [9.17, 15) is 13.6 Å². The number of amides is 1. The lowest BCUT2D eigenvalue weighted by atomic mass is 9.95. The van der Waals surface area contributed by atoms with Gasteiger partial charge in [0.25, 0.3) is 0 Å². The topological polar surface area (TPSA) is 75.9 Å². The van der Waals surface area contributed by atoms with E-state index in [0.717, 1.165) is 28.8 Å². The number of benzene rings is 1. The van der Waals surface area contributed by atoms with Gasteiger partial charge < -0.3 is 10.2 Å². The lowest BCUT2D eigenvalue weighted by Crippen LogP contribution is -2.40. The van der Waals surface area contributed by atoms with E-state index < -0.39 is 11.6 Å². The quantitative estimate of drug-likeness (QED) is 0.679. The maximum absolute atomic E-state index is 13.3. The second kappa shape index (κ2) is 8.79. The normalized spacial score (nSPS) is 14.6. The number of nitrogens with one attached hydrogen (secondary N) is 1. The number of anilines is 1. The van der Waals surface area contributed by atoms with E-state index in [1.807, 2.05) is 20.0 Å². The Balaban J connectivity index is 1.35. The molecular weight excluding hydrogens is 402 g/mol. The van der Waals surface area contributed by atoms with Crippen molar-refractivity contribution < 1.29 is 13.6 Å². The van der Waals surface area contributed by atoms with Crippen LogP contribution in [0.1, 0.15) is 24.0 Å². The maximum Gasteiger partial charge on any atom is 0.223 e. The van der Waals surface area contributed by atoms with Crippen LogP contribution in [-0.2, 0) is 18.4 Å². The zero-order valence-corrected chi connectivity index (χ0v) is 17.5. The number of hydrogen-bond acceptors (Lipinski definition) is 5. The molecule has 1 aliphatic heterocycles. The molecule has 0 radical (unpaired) electrons. The average molecular weight is 426 g/mol. The van der Waals surface area contributed by atoms with Crippen LogP contribution in [0.5, 0.6) is 0 Å². The largest absolute Gasteiger partial charge is 0.356 e. The molecule has 3 aromatic rings. The molecule has 31 heavy (non-hydrogen) atoms. The molecule has 0 spiro atoms. The van der Waals surface area contributed by atoms with Crippen molar-refractivity contribution in [3.05, 3.63) is 59.6 Å². The molecule has 0 saturated carbocycles. The summed E-state index contributed by atoms with van der Waals surface area (Å²) in [7, 11) is 1.88. The van der Waals surface area contributed by atoms with Gasteiger partial charge in [-0.25, -0.2) is 18.7 Å². The van der Waals surface area contributed by atoms with Crippen molar-refractivity contribution in [1.82, 2.24) is 25.1 Å². The molecular formula is C22H24F2N6O. The van der Waals surface area contributed by atoms with Gasteiger partial charge in [0.15, 0.2) is 0 Å². The van der Waals surface area contributed by atoms with Crippen molar-refractivity contribution in [2.75, 3.05) is 18.0 Å². The first-order valence-corrected chi connectivity index (χ1v) is 10.2. The minimum absolute atomic E-state index is 0.0989. The molecule has 7 nitrogen and oxygen atoms in total. The highest BCUT2D eigenvalue weighted by molar-refractivity contribution is 5.79. The van der Waals surface area contributed by atoms with Crippen LogP contribution in [0.2, 0.25) is 0 Å². The van der Waals surface area contributed by atoms with E-state index in [2.05, 4.69) is 25.3 Å². The van der Waals surface area contributed by atoms with Crippen molar-refractivity contribution in [3.8, 4) is 11.4 Å². The number of aromatic nitrogens is 4. The van der Waals surface area contributed by atoms with E-state index in [4.69, 9.17) is 0 Å². The summed E-state index contributed by atoms with van der Waals surface area (Å²) in [5, 5.41) is 7.06. The average Bonchev–Trinajstić information content (AvgIpc) is 3.09. The van der Waals surface area contributed by atoms with Gasteiger partial charge in [0.2, 0.25) is 5.91 Å². The summed E-state index contributed by atoms with van der Waals surface area (Å²) in [5.74, 6) is -0.723. The molecule has 0 aliphatic carbocycles. The number of halogens is 2. The van der Waals surface area contributed by atoms with Crippen molar-refractivity contribution in [2.45, 2.75) is 26.3 Å². The second-order valence-corrected chi connectivity index (χ2v) is 7.82. The zero-order chi connectivity index (χ0) is 22.0. The Morgan fingerprint density at radius 1 is 1.13 bits per heavy atom. The number of carbonyl (C=O) groups excluding carboxylic acids is 1. The Hall–Kier alpha value is -3.36. The first kappa shape index (κ1) is 20.9. The third-order valence-electron chi connectivity index (χ3n) is 5.60. The first-order chi connectivity index (χ1) is 14.9. The van der Waals surface area contributed by atoms with Crippen molar-refractivity contribution >= 4 is 11.7 Å². The van der Waals surface area contributed by atoms with Gasteiger partial charge in [0.1, 0.15) is 23.8 Å². The Bertz CT molecular complexity index is 1050. The highest BCUT2D eigenvalue weighted by Gasteiger charge is 2.26. The number of rotatable bonds is 5. The third-order valence-corrected chi connectivity index (χ3v) is 5.60. The molecule has 1 N–H and O–H groups in total. The number of hydrogen-bond donors (Lipinski definition) is 1. The predicted molar refractivity (Wildman–Crippen MR) is 112 cm³/mol. The molecule has 3 heterocycles. The third kappa shape index (κ3) is 4.70. The van der Waals surface area contributed by atoms with Crippen LogP contribution in [0.4, 0.5) is 14.6 Å². The molecule has 2 aromatic heterocycles. The van der Waals surface area contributed by atoms with Crippen LogP contribution < -0.4 is 10.2 Å².